The van der Waals surface area contributed by atoms with Crippen LogP contribution in [0.4, 0.5) is 0 Å². The van der Waals surface area contributed by atoms with Crippen molar-refractivity contribution in [2.75, 3.05) is 13.6 Å². The summed E-state index contributed by atoms with van der Waals surface area (Å²) in [6.07, 6.45) is 4.45. The highest BCUT2D eigenvalue weighted by atomic mass is 16.7. The van der Waals surface area contributed by atoms with Gasteiger partial charge in [0.15, 0.2) is 0 Å². The van der Waals surface area contributed by atoms with Gasteiger partial charge in [-0.3, -0.25) is 19.2 Å². The lowest BCUT2D eigenvalue weighted by Gasteiger charge is -2.05. The molecule has 0 rings (SSSR count). The molecule has 0 N–H and O–H groups in total. The molecule has 0 aliphatic heterocycles. The summed E-state index contributed by atoms with van der Waals surface area (Å²) < 4.78 is 18.3. The molecule has 0 fully saturated rings. The molecule has 0 unspecified atom stereocenters. The van der Waals surface area contributed by atoms with Crippen molar-refractivity contribution in [2.45, 2.75) is 58.8 Å². The average Bonchev–Trinajstić information content (AvgIpc) is 2.45. The van der Waals surface area contributed by atoms with E-state index in [0.717, 1.165) is 19.3 Å². The van der Waals surface area contributed by atoms with Crippen LogP contribution < -0.4 is 0 Å². The van der Waals surface area contributed by atoms with Crippen LogP contribution in [0, 0.1) is 0 Å². The van der Waals surface area contributed by atoms with E-state index in [1.54, 1.807) is 0 Å². The second-order valence-electron chi connectivity index (χ2n) is 4.81. The second-order valence-corrected chi connectivity index (χ2v) is 4.81. The molecule has 8 heteroatoms. The Morgan fingerprint density at radius 3 is 1.26 bits per heavy atom. The zero-order chi connectivity index (χ0) is 17.5. The van der Waals surface area contributed by atoms with E-state index in [9.17, 15) is 19.2 Å². The molecule has 0 aromatic heterocycles. The largest absolute Gasteiger partial charge is 0.428 e. The molecule has 0 saturated heterocycles. The summed E-state index contributed by atoms with van der Waals surface area (Å²) in [4.78, 5) is 43.4. The van der Waals surface area contributed by atoms with Gasteiger partial charge in [0.05, 0.1) is 0 Å². The van der Waals surface area contributed by atoms with Gasteiger partial charge in [-0.25, -0.2) is 0 Å². The van der Waals surface area contributed by atoms with Crippen LogP contribution >= 0.6 is 0 Å². The minimum Gasteiger partial charge on any atom is -0.428 e. The summed E-state index contributed by atoms with van der Waals surface area (Å²) >= 11 is 0. The monoisotopic (exact) mass is 332 g/mol. The van der Waals surface area contributed by atoms with Crippen molar-refractivity contribution < 1.29 is 38.1 Å². The molecule has 132 valence electrons. The van der Waals surface area contributed by atoms with Crippen LogP contribution in [0.3, 0.4) is 0 Å². The van der Waals surface area contributed by atoms with Crippen molar-refractivity contribution in [1.29, 1.82) is 0 Å². The molecular weight excluding hydrogens is 308 g/mol. The first-order chi connectivity index (χ1) is 10.9. The Balaban J connectivity index is 3.35. The molecule has 0 aliphatic rings. The summed E-state index contributed by atoms with van der Waals surface area (Å²) in [5.74, 6) is -1.80. The smallest absolute Gasteiger partial charge is 0.308 e. The van der Waals surface area contributed by atoms with Crippen molar-refractivity contribution in [1.82, 2.24) is 0 Å². The van der Waals surface area contributed by atoms with Gasteiger partial charge >= 0.3 is 23.9 Å². The lowest BCUT2D eigenvalue weighted by Crippen LogP contribution is -2.10. The van der Waals surface area contributed by atoms with Crippen LogP contribution in [0.1, 0.15) is 58.8 Å². The van der Waals surface area contributed by atoms with E-state index in [0.29, 0.717) is 12.8 Å². The third kappa shape index (κ3) is 16.1. The van der Waals surface area contributed by atoms with Crippen molar-refractivity contribution in [2.24, 2.45) is 0 Å². The number of hydrogen-bond acceptors (Lipinski definition) is 8. The summed E-state index contributed by atoms with van der Waals surface area (Å²) in [6, 6.07) is 0. The van der Waals surface area contributed by atoms with E-state index in [1.807, 2.05) is 0 Å². The average molecular weight is 332 g/mol. The van der Waals surface area contributed by atoms with Gasteiger partial charge in [0.2, 0.25) is 13.6 Å². The summed E-state index contributed by atoms with van der Waals surface area (Å²) in [6.45, 7) is 1.78. The fraction of sp³-hybridized carbons (Fsp3) is 0.733. The van der Waals surface area contributed by atoms with Gasteiger partial charge in [-0.15, -0.1) is 0 Å². The maximum atomic E-state index is 11.2. The SMILES string of the molecule is CC(=O)OCOC(=O)CCCCCCCC(=O)OCOC(C)=O. The Morgan fingerprint density at radius 1 is 0.565 bits per heavy atom. The van der Waals surface area contributed by atoms with Crippen LogP contribution in [0.15, 0.2) is 0 Å². The van der Waals surface area contributed by atoms with Crippen LogP contribution in [-0.2, 0) is 38.1 Å². The molecule has 0 radical (unpaired) electrons. The lowest BCUT2D eigenvalue weighted by atomic mass is 10.1. The van der Waals surface area contributed by atoms with Crippen molar-refractivity contribution in [3.05, 3.63) is 0 Å². The fourth-order valence-electron chi connectivity index (χ4n) is 1.57. The summed E-state index contributed by atoms with van der Waals surface area (Å²) in [7, 11) is 0. The minimum absolute atomic E-state index is 0.270. The first kappa shape index (κ1) is 20.9. The number of ether oxygens (including phenoxy) is 4. The van der Waals surface area contributed by atoms with E-state index in [-0.39, 0.29) is 26.4 Å². The number of carbonyl (C=O) groups excluding carboxylic acids is 4. The number of hydrogen-bond donors (Lipinski definition) is 0. The maximum Gasteiger partial charge on any atom is 0.308 e. The van der Waals surface area contributed by atoms with Crippen LogP contribution in [0.5, 0.6) is 0 Å². The Morgan fingerprint density at radius 2 is 0.913 bits per heavy atom. The predicted octanol–water partition coefficient (Wildman–Crippen LogP) is 1.84. The van der Waals surface area contributed by atoms with Crippen LogP contribution in [0.25, 0.3) is 0 Å². The highest BCUT2D eigenvalue weighted by molar-refractivity contribution is 5.70. The molecule has 0 heterocycles. The summed E-state index contributed by atoms with van der Waals surface area (Å²) in [5.41, 5.74) is 0. The minimum atomic E-state index is -0.496. The fourth-order valence-corrected chi connectivity index (χ4v) is 1.57. The first-order valence-electron chi connectivity index (χ1n) is 7.49. The number of rotatable bonds is 12. The van der Waals surface area contributed by atoms with E-state index in [2.05, 4.69) is 18.9 Å². The van der Waals surface area contributed by atoms with E-state index < -0.39 is 23.9 Å². The molecule has 0 bridgehead atoms. The number of unbranched alkanes of at least 4 members (excludes halogenated alkanes) is 4. The van der Waals surface area contributed by atoms with E-state index in [1.165, 1.54) is 13.8 Å². The Kier molecular flexibility index (Phi) is 12.3. The Labute approximate surface area is 135 Å². The maximum absolute atomic E-state index is 11.2. The molecule has 0 saturated carbocycles. The zero-order valence-corrected chi connectivity index (χ0v) is 13.6. The number of esters is 4. The Bertz CT molecular complexity index is 355. The van der Waals surface area contributed by atoms with Crippen LogP contribution in [0.2, 0.25) is 0 Å². The topological polar surface area (TPSA) is 105 Å². The van der Waals surface area contributed by atoms with Gasteiger partial charge in [-0.1, -0.05) is 19.3 Å². The molecule has 0 amide bonds. The first-order valence-corrected chi connectivity index (χ1v) is 7.49. The van der Waals surface area contributed by atoms with Gasteiger partial charge in [-0.2, -0.15) is 0 Å². The van der Waals surface area contributed by atoms with Crippen molar-refractivity contribution >= 4 is 23.9 Å². The molecule has 0 aliphatic carbocycles. The van der Waals surface area contributed by atoms with Gasteiger partial charge in [0.25, 0.3) is 0 Å². The summed E-state index contributed by atoms with van der Waals surface area (Å²) in [5, 5.41) is 0. The van der Waals surface area contributed by atoms with Gasteiger partial charge < -0.3 is 18.9 Å². The third-order valence-electron chi connectivity index (χ3n) is 2.73. The highest BCUT2D eigenvalue weighted by Gasteiger charge is 2.05. The standard InChI is InChI=1S/C15H24O8/c1-12(16)20-10-22-14(18)8-6-4-3-5-7-9-15(19)23-11-21-13(2)17/h3-11H2,1-2H3. The van der Waals surface area contributed by atoms with Crippen LogP contribution in [-0.4, -0.2) is 37.5 Å². The lowest BCUT2D eigenvalue weighted by molar-refractivity contribution is -0.167. The van der Waals surface area contributed by atoms with Gasteiger partial charge in [-0.05, 0) is 12.8 Å². The molecule has 0 spiro atoms. The quantitative estimate of drug-likeness (QED) is 0.303. The van der Waals surface area contributed by atoms with Crippen molar-refractivity contribution in [3.8, 4) is 0 Å². The molecule has 0 aromatic rings. The van der Waals surface area contributed by atoms with Crippen molar-refractivity contribution in [3.63, 3.8) is 0 Å². The number of carbonyl (C=O) groups is 4. The highest BCUT2D eigenvalue weighted by Crippen LogP contribution is 2.08. The Hall–Kier alpha value is -2.12. The molecule has 23 heavy (non-hydrogen) atoms. The molecule has 0 atom stereocenters. The molecule has 0 aromatic carbocycles. The van der Waals surface area contributed by atoms with Gasteiger partial charge in [0.1, 0.15) is 0 Å². The van der Waals surface area contributed by atoms with E-state index in [4.69, 9.17) is 0 Å². The molecular formula is C15H24O8. The normalized spacial score (nSPS) is 9.83. The molecule has 8 nitrogen and oxygen atoms in total. The predicted molar refractivity (Wildman–Crippen MR) is 77.8 cm³/mol. The second kappa shape index (κ2) is 13.5. The van der Waals surface area contributed by atoms with E-state index >= 15 is 0 Å². The zero-order valence-electron chi connectivity index (χ0n) is 13.6. The van der Waals surface area contributed by atoms with Gasteiger partial charge in [0, 0.05) is 26.7 Å². The third-order valence-corrected chi connectivity index (χ3v) is 2.73.